The maximum Gasteiger partial charge on any atom is 0.219 e. The van der Waals surface area contributed by atoms with Crippen molar-refractivity contribution in [3.8, 4) is 0 Å². The van der Waals surface area contributed by atoms with Gasteiger partial charge in [0.2, 0.25) is 5.91 Å². The second-order valence-corrected chi connectivity index (χ2v) is 5.68. The van der Waals surface area contributed by atoms with Crippen LogP contribution in [0.3, 0.4) is 0 Å². The highest BCUT2D eigenvalue weighted by atomic mass is 16.2. The highest BCUT2D eigenvalue weighted by molar-refractivity contribution is 5.76. The Balaban J connectivity index is 1.76. The molecule has 0 spiro atoms. The zero-order valence-electron chi connectivity index (χ0n) is 12.9. The average molecular weight is 285 g/mol. The van der Waals surface area contributed by atoms with E-state index in [4.69, 9.17) is 0 Å². The molecule has 112 valence electrons. The number of hydrogen-bond donors (Lipinski definition) is 0. The molecule has 0 bridgehead atoms. The molecule has 0 unspecified atom stereocenters. The molecular formula is C17H23N3O. The molecule has 2 aliphatic rings. The monoisotopic (exact) mass is 285 g/mol. The lowest BCUT2D eigenvalue weighted by molar-refractivity contribution is -0.129. The first-order chi connectivity index (χ1) is 10.2. The first-order valence-corrected chi connectivity index (χ1v) is 7.75. The molecule has 0 N–H and O–H groups in total. The number of benzene rings is 1. The Morgan fingerprint density at radius 2 is 1.95 bits per heavy atom. The summed E-state index contributed by atoms with van der Waals surface area (Å²) >= 11 is 0. The van der Waals surface area contributed by atoms with Gasteiger partial charge in [0, 0.05) is 57.6 Å². The van der Waals surface area contributed by atoms with E-state index >= 15 is 0 Å². The van der Waals surface area contributed by atoms with E-state index in [-0.39, 0.29) is 5.91 Å². The van der Waals surface area contributed by atoms with Gasteiger partial charge in [-0.3, -0.25) is 4.79 Å². The highest BCUT2D eigenvalue weighted by Gasteiger charge is 2.20. The number of anilines is 2. The molecule has 2 aliphatic heterocycles. The van der Waals surface area contributed by atoms with E-state index in [9.17, 15) is 4.79 Å². The van der Waals surface area contributed by atoms with Crippen LogP contribution >= 0.6 is 0 Å². The van der Waals surface area contributed by atoms with Crippen molar-refractivity contribution in [2.24, 2.45) is 0 Å². The number of carbonyl (C=O) groups is 1. The summed E-state index contributed by atoms with van der Waals surface area (Å²) in [7, 11) is 0. The number of rotatable bonds is 2. The molecule has 0 saturated carbocycles. The van der Waals surface area contributed by atoms with Crippen LogP contribution in [0.1, 0.15) is 19.4 Å². The molecule has 0 radical (unpaired) electrons. The van der Waals surface area contributed by atoms with Crippen LogP contribution in [-0.4, -0.2) is 50.1 Å². The Morgan fingerprint density at radius 1 is 1.19 bits per heavy atom. The SMILES string of the molecule is CCN1CC=Cc2cc(N3CCN(C(C)=O)CC3)ccc21. The minimum Gasteiger partial charge on any atom is -0.368 e. The molecule has 0 atom stereocenters. The molecule has 1 fully saturated rings. The number of amides is 1. The summed E-state index contributed by atoms with van der Waals surface area (Å²) in [6.45, 7) is 9.36. The predicted octanol–water partition coefficient (Wildman–Crippen LogP) is 2.21. The van der Waals surface area contributed by atoms with Crippen molar-refractivity contribution in [3.05, 3.63) is 29.8 Å². The van der Waals surface area contributed by atoms with Crippen LogP contribution in [0.15, 0.2) is 24.3 Å². The zero-order valence-corrected chi connectivity index (χ0v) is 12.9. The molecule has 0 aliphatic carbocycles. The summed E-state index contributed by atoms with van der Waals surface area (Å²) in [5.41, 5.74) is 3.89. The fraction of sp³-hybridized carbons (Fsp3) is 0.471. The third kappa shape index (κ3) is 2.75. The van der Waals surface area contributed by atoms with Crippen LogP contribution in [-0.2, 0) is 4.79 Å². The summed E-state index contributed by atoms with van der Waals surface area (Å²) in [6, 6.07) is 6.72. The first kappa shape index (κ1) is 14.0. The van der Waals surface area contributed by atoms with E-state index in [0.29, 0.717) is 0 Å². The molecule has 4 nitrogen and oxygen atoms in total. The molecule has 4 heteroatoms. The van der Waals surface area contributed by atoms with Crippen LogP contribution in [0.25, 0.3) is 6.08 Å². The molecule has 1 aromatic carbocycles. The third-order valence-corrected chi connectivity index (χ3v) is 4.45. The van der Waals surface area contributed by atoms with Gasteiger partial charge in [-0.05, 0) is 30.7 Å². The molecule has 1 amide bonds. The van der Waals surface area contributed by atoms with Gasteiger partial charge in [0.25, 0.3) is 0 Å². The van der Waals surface area contributed by atoms with Crippen molar-refractivity contribution < 1.29 is 4.79 Å². The van der Waals surface area contributed by atoms with Crippen LogP contribution in [0.4, 0.5) is 11.4 Å². The van der Waals surface area contributed by atoms with Gasteiger partial charge in [-0.1, -0.05) is 12.2 Å². The largest absolute Gasteiger partial charge is 0.368 e. The number of hydrogen-bond acceptors (Lipinski definition) is 3. The molecular weight excluding hydrogens is 262 g/mol. The van der Waals surface area contributed by atoms with Crippen LogP contribution in [0.2, 0.25) is 0 Å². The number of nitrogens with zero attached hydrogens (tertiary/aromatic N) is 3. The third-order valence-electron chi connectivity index (χ3n) is 4.45. The van der Waals surface area contributed by atoms with Crippen molar-refractivity contribution in [2.75, 3.05) is 49.1 Å². The van der Waals surface area contributed by atoms with Gasteiger partial charge in [0.15, 0.2) is 0 Å². The summed E-state index contributed by atoms with van der Waals surface area (Å²) in [5, 5.41) is 0. The Labute approximate surface area is 126 Å². The molecule has 2 heterocycles. The smallest absolute Gasteiger partial charge is 0.219 e. The Morgan fingerprint density at radius 3 is 2.62 bits per heavy atom. The zero-order chi connectivity index (χ0) is 14.8. The fourth-order valence-corrected chi connectivity index (χ4v) is 3.14. The lowest BCUT2D eigenvalue weighted by Crippen LogP contribution is -2.48. The van der Waals surface area contributed by atoms with Crippen molar-refractivity contribution >= 4 is 23.4 Å². The Hall–Kier alpha value is -1.97. The number of carbonyl (C=O) groups excluding carboxylic acids is 1. The summed E-state index contributed by atoms with van der Waals surface area (Å²) < 4.78 is 0. The standard InChI is InChI=1S/C17H23N3O/c1-3-18-8-4-5-15-13-16(6-7-17(15)18)20-11-9-19(10-12-20)14(2)21/h4-7,13H,3,8-12H2,1-2H3. The van der Waals surface area contributed by atoms with Gasteiger partial charge >= 0.3 is 0 Å². The number of piperazine rings is 1. The van der Waals surface area contributed by atoms with Gasteiger partial charge in [0.05, 0.1) is 0 Å². The van der Waals surface area contributed by atoms with E-state index in [1.54, 1.807) is 6.92 Å². The van der Waals surface area contributed by atoms with Gasteiger partial charge in [-0.25, -0.2) is 0 Å². The van der Waals surface area contributed by atoms with Gasteiger partial charge in [0.1, 0.15) is 0 Å². The van der Waals surface area contributed by atoms with E-state index in [2.05, 4.69) is 47.1 Å². The molecule has 21 heavy (non-hydrogen) atoms. The second kappa shape index (κ2) is 5.80. The van der Waals surface area contributed by atoms with Crippen molar-refractivity contribution in [3.63, 3.8) is 0 Å². The Bertz CT molecular complexity index is 559. The topological polar surface area (TPSA) is 26.8 Å². The van der Waals surface area contributed by atoms with Gasteiger partial charge < -0.3 is 14.7 Å². The number of likely N-dealkylation sites (N-methyl/N-ethyl adjacent to an activating group) is 1. The van der Waals surface area contributed by atoms with Crippen LogP contribution < -0.4 is 9.80 Å². The average Bonchev–Trinajstić information content (AvgIpc) is 2.53. The number of fused-ring (bicyclic) bond motifs is 1. The lowest BCUT2D eigenvalue weighted by Gasteiger charge is -2.36. The minimum atomic E-state index is 0.182. The maximum absolute atomic E-state index is 11.4. The first-order valence-electron chi connectivity index (χ1n) is 7.75. The van der Waals surface area contributed by atoms with E-state index < -0.39 is 0 Å². The highest BCUT2D eigenvalue weighted by Crippen LogP contribution is 2.30. The lowest BCUT2D eigenvalue weighted by atomic mass is 10.1. The maximum atomic E-state index is 11.4. The van der Waals surface area contributed by atoms with Crippen molar-refractivity contribution in [1.82, 2.24) is 4.90 Å². The minimum absolute atomic E-state index is 0.182. The normalized spacial score (nSPS) is 17.9. The summed E-state index contributed by atoms with van der Waals surface area (Å²) in [4.78, 5) is 18.1. The molecule has 0 aromatic heterocycles. The van der Waals surface area contributed by atoms with Crippen molar-refractivity contribution in [2.45, 2.75) is 13.8 Å². The Kier molecular flexibility index (Phi) is 3.86. The quantitative estimate of drug-likeness (QED) is 0.833. The van der Waals surface area contributed by atoms with Crippen LogP contribution in [0, 0.1) is 0 Å². The summed E-state index contributed by atoms with van der Waals surface area (Å²) in [5.74, 6) is 0.182. The van der Waals surface area contributed by atoms with E-state index in [1.807, 2.05) is 4.90 Å². The summed E-state index contributed by atoms with van der Waals surface area (Å²) in [6.07, 6.45) is 4.44. The van der Waals surface area contributed by atoms with Crippen LogP contribution in [0.5, 0.6) is 0 Å². The van der Waals surface area contributed by atoms with Gasteiger partial charge in [-0.2, -0.15) is 0 Å². The molecule has 1 saturated heterocycles. The molecule has 3 rings (SSSR count). The van der Waals surface area contributed by atoms with E-state index in [1.165, 1.54) is 16.9 Å². The fourth-order valence-electron chi connectivity index (χ4n) is 3.14. The van der Waals surface area contributed by atoms with Gasteiger partial charge in [-0.15, -0.1) is 0 Å². The predicted molar refractivity (Wildman–Crippen MR) is 87.8 cm³/mol. The second-order valence-electron chi connectivity index (χ2n) is 5.68. The molecule has 1 aromatic rings. The van der Waals surface area contributed by atoms with Crippen molar-refractivity contribution in [1.29, 1.82) is 0 Å². The van der Waals surface area contributed by atoms with E-state index in [0.717, 1.165) is 39.3 Å².